The zero-order valence-electron chi connectivity index (χ0n) is 21.2. The van der Waals surface area contributed by atoms with E-state index >= 15 is 0 Å². The number of aliphatic hydroxyl groups is 1. The molecule has 3 heterocycles. The van der Waals surface area contributed by atoms with Crippen LogP contribution < -0.4 is 4.90 Å². The van der Waals surface area contributed by atoms with Crippen molar-refractivity contribution >= 4 is 23.4 Å². The molecule has 4 aromatic rings. The number of carbonyl (C=O) groups is 1. The lowest BCUT2D eigenvalue weighted by Crippen LogP contribution is -2.37. The van der Waals surface area contributed by atoms with Gasteiger partial charge in [-0.15, -0.1) is 0 Å². The number of ether oxygens (including phenoxy) is 2. The van der Waals surface area contributed by atoms with Gasteiger partial charge in [0.1, 0.15) is 11.9 Å². The largest absolute Gasteiger partial charge is 0.467 e. The van der Waals surface area contributed by atoms with Crippen LogP contribution in [-0.4, -0.2) is 59.1 Å². The van der Waals surface area contributed by atoms with Gasteiger partial charge in [0.25, 0.3) is 5.89 Å². The number of halogens is 1. The molecule has 2 aromatic heterocycles. The summed E-state index contributed by atoms with van der Waals surface area (Å²) >= 11 is 6.55. The molecule has 10 heteroatoms. The molecule has 0 saturated carbocycles. The van der Waals surface area contributed by atoms with Crippen LogP contribution in [-0.2, 0) is 20.9 Å². The molecule has 0 bridgehead atoms. The number of β-amino-alcohol motifs (C(OH)–C–C–N with tert-alkyl or cyclic N) is 1. The van der Waals surface area contributed by atoms with Gasteiger partial charge in [-0.1, -0.05) is 47.1 Å². The molecule has 1 aliphatic rings. The van der Waals surface area contributed by atoms with Gasteiger partial charge in [-0.3, -0.25) is 0 Å². The minimum atomic E-state index is -0.684. The third-order valence-corrected chi connectivity index (χ3v) is 6.90. The highest BCUT2D eigenvalue weighted by Crippen LogP contribution is 2.34. The number of methoxy groups -OCH3 is 2. The SMILES string of the molecule is COCc1cc(-c2nc(-c3cnc(N4CC(O)CC4C(=O)OC)c(Cl)c3)no2)ccc1-c1ccccc1C. The lowest BCUT2D eigenvalue weighted by atomic mass is 9.94. The maximum atomic E-state index is 12.2. The van der Waals surface area contributed by atoms with Gasteiger partial charge in [0.15, 0.2) is 0 Å². The highest BCUT2D eigenvalue weighted by Gasteiger charge is 2.38. The van der Waals surface area contributed by atoms with E-state index in [0.717, 1.165) is 22.3 Å². The Morgan fingerprint density at radius 1 is 1.16 bits per heavy atom. The number of esters is 1. The number of aliphatic hydroxyl groups excluding tert-OH is 1. The molecule has 0 amide bonds. The zero-order valence-corrected chi connectivity index (χ0v) is 22.0. The molecule has 0 spiro atoms. The fraction of sp³-hybridized carbons (Fsp3) is 0.286. The van der Waals surface area contributed by atoms with E-state index in [0.29, 0.717) is 34.7 Å². The van der Waals surface area contributed by atoms with E-state index in [1.54, 1.807) is 24.3 Å². The predicted molar refractivity (Wildman–Crippen MR) is 143 cm³/mol. The number of pyridine rings is 1. The molecular weight excluding hydrogens is 508 g/mol. The summed E-state index contributed by atoms with van der Waals surface area (Å²) in [5.41, 5.74) is 5.70. The highest BCUT2D eigenvalue weighted by atomic mass is 35.5. The van der Waals surface area contributed by atoms with E-state index in [-0.39, 0.29) is 13.0 Å². The van der Waals surface area contributed by atoms with Crippen LogP contribution in [0.3, 0.4) is 0 Å². The van der Waals surface area contributed by atoms with Crippen LogP contribution in [0.15, 0.2) is 59.3 Å². The van der Waals surface area contributed by atoms with Crippen LogP contribution in [0, 0.1) is 6.92 Å². The van der Waals surface area contributed by atoms with E-state index in [9.17, 15) is 9.90 Å². The van der Waals surface area contributed by atoms with E-state index in [2.05, 4.69) is 34.2 Å². The summed E-state index contributed by atoms with van der Waals surface area (Å²) in [6.45, 7) is 2.73. The van der Waals surface area contributed by atoms with Gasteiger partial charge in [0, 0.05) is 37.4 Å². The van der Waals surface area contributed by atoms with Crippen LogP contribution in [0.1, 0.15) is 17.5 Å². The van der Waals surface area contributed by atoms with Crippen molar-refractivity contribution < 1.29 is 23.9 Å². The molecule has 2 aromatic carbocycles. The van der Waals surface area contributed by atoms with Crippen LogP contribution in [0.25, 0.3) is 34.0 Å². The first-order valence-corrected chi connectivity index (χ1v) is 12.5. The van der Waals surface area contributed by atoms with Crippen molar-refractivity contribution in [2.75, 3.05) is 25.7 Å². The molecule has 1 N–H and O–H groups in total. The Morgan fingerprint density at radius 3 is 2.71 bits per heavy atom. The molecule has 1 fully saturated rings. The number of benzene rings is 2. The third-order valence-electron chi connectivity index (χ3n) is 6.62. The quantitative estimate of drug-likeness (QED) is 0.337. The van der Waals surface area contributed by atoms with Gasteiger partial charge >= 0.3 is 5.97 Å². The maximum Gasteiger partial charge on any atom is 0.328 e. The van der Waals surface area contributed by atoms with Crippen molar-refractivity contribution in [3.05, 3.63) is 70.9 Å². The van der Waals surface area contributed by atoms with Gasteiger partial charge in [-0.25, -0.2) is 9.78 Å². The topological polar surface area (TPSA) is 111 Å². The van der Waals surface area contributed by atoms with Crippen LogP contribution >= 0.6 is 11.6 Å². The number of rotatable bonds is 7. The number of hydrogen-bond donors (Lipinski definition) is 1. The number of anilines is 1. The van der Waals surface area contributed by atoms with Gasteiger partial charge in [-0.2, -0.15) is 4.98 Å². The van der Waals surface area contributed by atoms with Crippen molar-refractivity contribution in [2.24, 2.45) is 0 Å². The molecule has 196 valence electrons. The molecule has 0 radical (unpaired) electrons. The van der Waals surface area contributed by atoms with Crippen molar-refractivity contribution in [3.8, 4) is 34.0 Å². The molecule has 2 atom stereocenters. The number of carbonyl (C=O) groups excluding carboxylic acids is 1. The lowest BCUT2D eigenvalue weighted by molar-refractivity contribution is -0.142. The van der Waals surface area contributed by atoms with Gasteiger partial charge < -0.3 is 24.0 Å². The number of nitrogens with zero attached hydrogens (tertiary/aromatic N) is 4. The lowest BCUT2D eigenvalue weighted by Gasteiger charge is -2.24. The molecule has 9 nitrogen and oxygen atoms in total. The third kappa shape index (κ3) is 5.00. The van der Waals surface area contributed by atoms with E-state index in [1.807, 2.05) is 30.3 Å². The molecule has 1 saturated heterocycles. The minimum absolute atomic E-state index is 0.223. The summed E-state index contributed by atoms with van der Waals surface area (Å²) in [6, 6.07) is 15.2. The average molecular weight is 535 g/mol. The normalized spacial score (nSPS) is 17.1. The second-order valence-electron chi connectivity index (χ2n) is 9.15. The first-order valence-electron chi connectivity index (χ1n) is 12.1. The maximum absolute atomic E-state index is 12.2. The number of hydrogen-bond acceptors (Lipinski definition) is 9. The van der Waals surface area contributed by atoms with Crippen molar-refractivity contribution in [3.63, 3.8) is 0 Å². The monoisotopic (exact) mass is 534 g/mol. The number of aromatic nitrogens is 3. The Kier molecular flexibility index (Phi) is 7.42. The standard InChI is InChI=1S/C28H27ClN4O5/c1-16-6-4-5-7-21(16)22-9-8-17(10-19(22)15-36-2)27-31-25(32-38-27)18-11-23(29)26(30-13-18)33-14-20(34)12-24(33)28(35)37-3/h4-11,13,20,24,34H,12,14-15H2,1-3H3. The van der Waals surface area contributed by atoms with Crippen molar-refractivity contribution in [2.45, 2.75) is 32.1 Å². The first-order chi connectivity index (χ1) is 18.4. The fourth-order valence-electron chi connectivity index (χ4n) is 4.77. The summed E-state index contributed by atoms with van der Waals surface area (Å²) in [4.78, 5) is 22.8. The van der Waals surface area contributed by atoms with Crippen LogP contribution in [0.2, 0.25) is 5.02 Å². The van der Waals surface area contributed by atoms with Crippen LogP contribution in [0.4, 0.5) is 5.82 Å². The van der Waals surface area contributed by atoms with Crippen molar-refractivity contribution in [1.82, 2.24) is 15.1 Å². The Hall–Kier alpha value is -3.79. The molecule has 5 rings (SSSR count). The Balaban J connectivity index is 1.43. The minimum Gasteiger partial charge on any atom is -0.467 e. The zero-order chi connectivity index (χ0) is 26.8. The van der Waals surface area contributed by atoms with Gasteiger partial charge in [0.2, 0.25) is 5.82 Å². The molecule has 38 heavy (non-hydrogen) atoms. The Morgan fingerprint density at radius 2 is 1.97 bits per heavy atom. The number of aryl methyl sites for hydroxylation is 1. The summed E-state index contributed by atoms with van der Waals surface area (Å²) in [6.07, 6.45) is 1.12. The molecular formula is C28H27ClN4O5. The predicted octanol–water partition coefficient (Wildman–Crippen LogP) is 4.69. The fourth-order valence-corrected chi connectivity index (χ4v) is 5.04. The van der Waals surface area contributed by atoms with E-state index in [4.69, 9.17) is 25.6 Å². The summed E-state index contributed by atoms with van der Waals surface area (Å²) < 4.78 is 15.9. The van der Waals surface area contributed by atoms with Gasteiger partial charge in [0.05, 0.1) is 24.8 Å². The summed E-state index contributed by atoms with van der Waals surface area (Å²) in [5, 5.41) is 14.5. The molecule has 2 unspecified atom stereocenters. The second-order valence-corrected chi connectivity index (χ2v) is 9.56. The summed E-state index contributed by atoms with van der Waals surface area (Å²) in [5.74, 6) is 0.597. The van der Waals surface area contributed by atoms with E-state index in [1.165, 1.54) is 12.7 Å². The van der Waals surface area contributed by atoms with Crippen molar-refractivity contribution in [1.29, 1.82) is 0 Å². The second kappa shape index (κ2) is 10.9. The Bertz CT molecular complexity index is 1470. The van der Waals surface area contributed by atoms with Crippen LogP contribution in [0.5, 0.6) is 0 Å². The first kappa shape index (κ1) is 25.8. The smallest absolute Gasteiger partial charge is 0.328 e. The molecule has 1 aliphatic heterocycles. The molecule has 0 aliphatic carbocycles. The summed E-state index contributed by atoms with van der Waals surface area (Å²) in [7, 11) is 2.97. The van der Waals surface area contributed by atoms with E-state index < -0.39 is 18.1 Å². The Labute approximate surface area is 225 Å². The van der Waals surface area contributed by atoms with Gasteiger partial charge in [-0.05, 0) is 47.4 Å². The average Bonchev–Trinajstić information content (AvgIpc) is 3.56. The highest BCUT2D eigenvalue weighted by molar-refractivity contribution is 6.33.